The summed E-state index contributed by atoms with van der Waals surface area (Å²) in [6.45, 7) is 0. The minimum Gasteiger partial charge on any atom is -0.368 e. The second-order valence-corrected chi connectivity index (χ2v) is 4.76. The first-order valence-electron chi connectivity index (χ1n) is 6.30. The average molecular weight is 246 g/mol. The monoisotopic (exact) mass is 246 g/mol. The van der Waals surface area contributed by atoms with Crippen molar-refractivity contribution in [3.05, 3.63) is 35.9 Å². The van der Waals surface area contributed by atoms with Gasteiger partial charge < -0.3 is 11.1 Å². The molecule has 0 spiro atoms. The van der Waals surface area contributed by atoms with E-state index in [0.29, 0.717) is 6.42 Å². The molecule has 0 radical (unpaired) electrons. The van der Waals surface area contributed by atoms with E-state index >= 15 is 0 Å². The van der Waals surface area contributed by atoms with Crippen LogP contribution in [0.5, 0.6) is 0 Å². The quantitative estimate of drug-likeness (QED) is 0.786. The van der Waals surface area contributed by atoms with Gasteiger partial charge in [0.25, 0.3) is 0 Å². The van der Waals surface area contributed by atoms with Crippen LogP contribution in [-0.2, 0) is 16.0 Å². The van der Waals surface area contributed by atoms with Crippen molar-refractivity contribution in [1.82, 2.24) is 5.32 Å². The normalized spacial score (nSPS) is 16.0. The summed E-state index contributed by atoms with van der Waals surface area (Å²) in [5.74, 6) is -0.393. The molecule has 1 aromatic rings. The lowest BCUT2D eigenvalue weighted by Crippen LogP contribution is -2.45. The third kappa shape index (κ3) is 3.58. The Morgan fingerprint density at radius 1 is 1.28 bits per heavy atom. The lowest BCUT2D eigenvalue weighted by Gasteiger charge is -2.15. The molecule has 1 aliphatic carbocycles. The fourth-order valence-electron chi connectivity index (χ4n) is 1.88. The Balaban J connectivity index is 1.86. The number of benzene rings is 1. The molecule has 2 rings (SSSR count). The SMILES string of the molecule is NC(=O)[C@@H](CCc1ccccc1)NC(=O)C1CC1. The summed E-state index contributed by atoms with van der Waals surface area (Å²) in [6.07, 6.45) is 3.14. The molecule has 1 atom stereocenters. The van der Waals surface area contributed by atoms with Crippen molar-refractivity contribution in [3.8, 4) is 0 Å². The summed E-state index contributed by atoms with van der Waals surface area (Å²) >= 11 is 0. The van der Waals surface area contributed by atoms with E-state index in [-0.39, 0.29) is 11.8 Å². The predicted octanol–water partition coefficient (Wildman–Crippen LogP) is 0.999. The first kappa shape index (κ1) is 12.6. The number of nitrogens with two attached hydrogens (primary N) is 1. The van der Waals surface area contributed by atoms with Gasteiger partial charge in [0.2, 0.25) is 11.8 Å². The molecule has 3 N–H and O–H groups in total. The second-order valence-electron chi connectivity index (χ2n) is 4.76. The Kier molecular flexibility index (Phi) is 3.97. The van der Waals surface area contributed by atoms with Crippen LogP contribution in [0.15, 0.2) is 30.3 Å². The van der Waals surface area contributed by atoms with Crippen LogP contribution in [0.25, 0.3) is 0 Å². The zero-order valence-corrected chi connectivity index (χ0v) is 10.3. The molecular weight excluding hydrogens is 228 g/mol. The second kappa shape index (κ2) is 5.67. The molecule has 0 heterocycles. The van der Waals surface area contributed by atoms with Gasteiger partial charge in [-0.15, -0.1) is 0 Å². The van der Waals surface area contributed by atoms with Crippen LogP contribution >= 0.6 is 0 Å². The fraction of sp³-hybridized carbons (Fsp3) is 0.429. The lowest BCUT2D eigenvalue weighted by atomic mass is 10.0. The van der Waals surface area contributed by atoms with Crippen LogP contribution in [0.1, 0.15) is 24.8 Å². The summed E-state index contributed by atoms with van der Waals surface area (Å²) in [6, 6.07) is 9.30. The Bertz CT molecular complexity index is 427. The van der Waals surface area contributed by atoms with Gasteiger partial charge in [0.05, 0.1) is 0 Å². The van der Waals surface area contributed by atoms with E-state index < -0.39 is 11.9 Å². The molecule has 0 unspecified atom stereocenters. The van der Waals surface area contributed by atoms with Crippen LogP contribution < -0.4 is 11.1 Å². The van der Waals surface area contributed by atoms with Crippen molar-refractivity contribution < 1.29 is 9.59 Å². The van der Waals surface area contributed by atoms with Crippen molar-refractivity contribution in [3.63, 3.8) is 0 Å². The number of aryl methyl sites for hydroxylation is 1. The van der Waals surface area contributed by atoms with Crippen molar-refractivity contribution in [2.24, 2.45) is 11.7 Å². The highest BCUT2D eigenvalue weighted by atomic mass is 16.2. The number of hydrogen-bond donors (Lipinski definition) is 2. The molecule has 1 saturated carbocycles. The molecule has 0 aromatic heterocycles. The van der Waals surface area contributed by atoms with E-state index in [0.717, 1.165) is 24.8 Å². The molecular formula is C14H18N2O2. The van der Waals surface area contributed by atoms with Gasteiger partial charge in [-0.25, -0.2) is 0 Å². The summed E-state index contributed by atoms with van der Waals surface area (Å²) in [5.41, 5.74) is 6.46. The molecule has 18 heavy (non-hydrogen) atoms. The largest absolute Gasteiger partial charge is 0.368 e. The van der Waals surface area contributed by atoms with E-state index in [1.54, 1.807) is 0 Å². The maximum atomic E-state index is 11.6. The number of amides is 2. The molecule has 4 nitrogen and oxygen atoms in total. The van der Waals surface area contributed by atoms with Gasteiger partial charge in [0.1, 0.15) is 6.04 Å². The molecule has 4 heteroatoms. The van der Waals surface area contributed by atoms with Gasteiger partial charge in [0, 0.05) is 5.92 Å². The number of hydrogen-bond acceptors (Lipinski definition) is 2. The third-order valence-corrected chi connectivity index (χ3v) is 3.17. The van der Waals surface area contributed by atoms with Gasteiger partial charge >= 0.3 is 0 Å². The molecule has 0 saturated heterocycles. The van der Waals surface area contributed by atoms with Gasteiger partial charge in [-0.3, -0.25) is 9.59 Å². The van der Waals surface area contributed by atoms with Gasteiger partial charge in [0.15, 0.2) is 0 Å². The molecule has 0 aliphatic heterocycles. The molecule has 1 aliphatic rings. The topological polar surface area (TPSA) is 72.2 Å². The Labute approximate surface area is 107 Å². The Morgan fingerprint density at radius 3 is 2.50 bits per heavy atom. The Morgan fingerprint density at radius 2 is 1.94 bits per heavy atom. The van der Waals surface area contributed by atoms with Crippen molar-refractivity contribution in [2.75, 3.05) is 0 Å². The standard InChI is InChI=1S/C14H18N2O2/c15-13(17)12(16-14(18)11-7-8-11)9-6-10-4-2-1-3-5-10/h1-5,11-12H,6-9H2,(H2,15,17)(H,16,18)/t12-/m1/s1. The van der Waals surface area contributed by atoms with Crippen LogP contribution in [0.2, 0.25) is 0 Å². The molecule has 0 bridgehead atoms. The van der Waals surface area contributed by atoms with E-state index in [1.165, 1.54) is 0 Å². The van der Waals surface area contributed by atoms with Crippen molar-refractivity contribution in [1.29, 1.82) is 0 Å². The minimum atomic E-state index is -0.557. The van der Waals surface area contributed by atoms with Crippen molar-refractivity contribution in [2.45, 2.75) is 31.7 Å². The van der Waals surface area contributed by atoms with E-state index in [1.807, 2.05) is 30.3 Å². The highest BCUT2D eigenvalue weighted by Gasteiger charge is 2.31. The van der Waals surface area contributed by atoms with Gasteiger partial charge in [-0.1, -0.05) is 30.3 Å². The van der Waals surface area contributed by atoms with Crippen LogP contribution in [0.3, 0.4) is 0 Å². The van der Waals surface area contributed by atoms with Crippen LogP contribution in [-0.4, -0.2) is 17.9 Å². The highest BCUT2D eigenvalue weighted by Crippen LogP contribution is 2.29. The van der Waals surface area contributed by atoms with E-state index in [2.05, 4.69) is 5.32 Å². The van der Waals surface area contributed by atoms with E-state index in [9.17, 15) is 9.59 Å². The van der Waals surface area contributed by atoms with Crippen molar-refractivity contribution >= 4 is 11.8 Å². The maximum absolute atomic E-state index is 11.6. The number of primary amides is 1. The smallest absolute Gasteiger partial charge is 0.240 e. The maximum Gasteiger partial charge on any atom is 0.240 e. The number of rotatable bonds is 6. The third-order valence-electron chi connectivity index (χ3n) is 3.17. The predicted molar refractivity (Wildman–Crippen MR) is 68.6 cm³/mol. The molecule has 2 amide bonds. The minimum absolute atomic E-state index is 0.0353. The summed E-state index contributed by atoms with van der Waals surface area (Å²) < 4.78 is 0. The summed E-state index contributed by atoms with van der Waals surface area (Å²) in [7, 11) is 0. The molecule has 1 fully saturated rings. The fourth-order valence-corrected chi connectivity index (χ4v) is 1.88. The number of nitrogens with one attached hydrogen (secondary N) is 1. The lowest BCUT2D eigenvalue weighted by molar-refractivity contribution is -0.128. The zero-order valence-electron chi connectivity index (χ0n) is 10.3. The number of carbonyl (C=O) groups is 2. The molecule has 1 aromatic carbocycles. The highest BCUT2D eigenvalue weighted by molar-refractivity contribution is 5.88. The van der Waals surface area contributed by atoms with Gasteiger partial charge in [-0.05, 0) is 31.2 Å². The van der Waals surface area contributed by atoms with Crippen LogP contribution in [0, 0.1) is 5.92 Å². The zero-order chi connectivity index (χ0) is 13.0. The molecule has 96 valence electrons. The first-order chi connectivity index (χ1) is 8.66. The van der Waals surface area contributed by atoms with E-state index in [4.69, 9.17) is 5.73 Å². The summed E-state index contributed by atoms with van der Waals surface area (Å²) in [5, 5.41) is 2.74. The summed E-state index contributed by atoms with van der Waals surface area (Å²) in [4.78, 5) is 22.9. The number of carbonyl (C=O) groups excluding carboxylic acids is 2. The average Bonchev–Trinajstić information content (AvgIpc) is 3.19. The first-order valence-corrected chi connectivity index (χ1v) is 6.30. The Hall–Kier alpha value is -1.84. The van der Waals surface area contributed by atoms with Gasteiger partial charge in [-0.2, -0.15) is 0 Å². The van der Waals surface area contributed by atoms with Crippen LogP contribution in [0.4, 0.5) is 0 Å².